The van der Waals surface area contributed by atoms with Gasteiger partial charge in [-0.3, -0.25) is 0 Å². The first-order valence-electron chi connectivity index (χ1n) is 5.20. The molecule has 0 unspecified atom stereocenters. The van der Waals surface area contributed by atoms with E-state index in [0.717, 1.165) is 9.26 Å². The smallest absolute Gasteiger partial charge is 0.240 e. The summed E-state index contributed by atoms with van der Waals surface area (Å²) in [4.78, 5) is 4.40. The molecule has 0 amide bonds. The Balaban J connectivity index is 1.97. The largest absolute Gasteiger partial charge is 0.250 e. The third kappa shape index (κ3) is 3.74. The standard InChI is InChI=1S/C11H11IN2O2S2/c12-9-1-3-11(4-2-9)18(15,16)14-6-5-10-7-17-8-13-10/h1-4,7-8,14H,5-6H2. The Morgan fingerprint density at radius 2 is 2.00 bits per heavy atom. The van der Waals surface area contributed by atoms with Gasteiger partial charge in [-0.25, -0.2) is 18.1 Å². The molecule has 0 fully saturated rings. The van der Waals surface area contributed by atoms with E-state index in [9.17, 15) is 8.42 Å². The van der Waals surface area contributed by atoms with Crippen LogP contribution in [0.1, 0.15) is 5.69 Å². The Bertz CT molecular complexity index is 594. The molecule has 18 heavy (non-hydrogen) atoms. The Hall–Kier alpha value is -0.510. The van der Waals surface area contributed by atoms with Gasteiger partial charge in [0.15, 0.2) is 0 Å². The molecule has 0 aliphatic carbocycles. The van der Waals surface area contributed by atoms with Crippen LogP contribution in [0.15, 0.2) is 40.1 Å². The quantitative estimate of drug-likeness (QED) is 0.792. The van der Waals surface area contributed by atoms with Gasteiger partial charge in [-0.15, -0.1) is 11.3 Å². The van der Waals surface area contributed by atoms with Crippen LogP contribution in [0.25, 0.3) is 0 Å². The van der Waals surface area contributed by atoms with Crippen molar-refractivity contribution in [3.8, 4) is 0 Å². The molecular weight excluding hydrogens is 383 g/mol. The normalized spacial score (nSPS) is 11.6. The van der Waals surface area contributed by atoms with Crippen molar-refractivity contribution < 1.29 is 8.42 Å². The molecule has 2 rings (SSSR count). The van der Waals surface area contributed by atoms with Gasteiger partial charge >= 0.3 is 0 Å². The molecule has 1 heterocycles. The fourth-order valence-corrected chi connectivity index (χ4v) is 3.36. The maximum atomic E-state index is 11.9. The maximum Gasteiger partial charge on any atom is 0.240 e. The Kier molecular flexibility index (Phi) is 4.71. The van der Waals surface area contributed by atoms with Crippen molar-refractivity contribution >= 4 is 44.0 Å². The molecule has 0 saturated carbocycles. The number of hydrogen-bond donors (Lipinski definition) is 1. The Morgan fingerprint density at radius 3 is 2.61 bits per heavy atom. The van der Waals surface area contributed by atoms with Crippen LogP contribution in [-0.4, -0.2) is 19.9 Å². The van der Waals surface area contributed by atoms with Crippen LogP contribution in [0.5, 0.6) is 0 Å². The van der Waals surface area contributed by atoms with Crippen molar-refractivity contribution in [2.45, 2.75) is 11.3 Å². The fraction of sp³-hybridized carbons (Fsp3) is 0.182. The fourth-order valence-electron chi connectivity index (χ4n) is 1.37. The number of thiazole rings is 1. The van der Waals surface area contributed by atoms with Crippen molar-refractivity contribution in [3.05, 3.63) is 44.4 Å². The minimum atomic E-state index is -3.41. The van der Waals surface area contributed by atoms with Crippen LogP contribution in [0, 0.1) is 3.57 Å². The van der Waals surface area contributed by atoms with E-state index in [1.807, 2.05) is 5.38 Å². The summed E-state index contributed by atoms with van der Waals surface area (Å²) in [5, 5.41) is 1.92. The molecular formula is C11H11IN2O2S2. The second kappa shape index (κ2) is 6.09. The molecule has 4 nitrogen and oxygen atoms in total. The number of nitrogens with one attached hydrogen (secondary N) is 1. The lowest BCUT2D eigenvalue weighted by Gasteiger charge is -2.05. The highest BCUT2D eigenvalue weighted by Crippen LogP contribution is 2.11. The molecule has 0 aliphatic rings. The number of hydrogen-bond acceptors (Lipinski definition) is 4. The predicted octanol–water partition coefficient (Wildman–Crippen LogP) is 2.27. The molecule has 1 aromatic heterocycles. The number of benzene rings is 1. The number of rotatable bonds is 5. The lowest BCUT2D eigenvalue weighted by Crippen LogP contribution is -2.26. The van der Waals surface area contributed by atoms with E-state index in [1.165, 1.54) is 11.3 Å². The minimum absolute atomic E-state index is 0.293. The average molecular weight is 394 g/mol. The van der Waals surface area contributed by atoms with Crippen molar-refractivity contribution in [2.24, 2.45) is 0 Å². The van der Waals surface area contributed by atoms with E-state index in [1.54, 1.807) is 29.8 Å². The monoisotopic (exact) mass is 394 g/mol. The van der Waals surface area contributed by atoms with Crippen LogP contribution in [-0.2, 0) is 16.4 Å². The van der Waals surface area contributed by atoms with Gasteiger partial charge in [0.1, 0.15) is 0 Å². The molecule has 0 atom stereocenters. The second-order valence-electron chi connectivity index (χ2n) is 3.58. The first-order valence-corrected chi connectivity index (χ1v) is 8.71. The van der Waals surface area contributed by atoms with E-state index in [-0.39, 0.29) is 0 Å². The summed E-state index contributed by atoms with van der Waals surface area (Å²) in [5.41, 5.74) is 2.65. The highest BCUT2D eigenvalue weighted by atomic mass is 127. The van der Waals surface area contributed by atoms with Gasteiger partial charge in [0, 0.05) is 21.9 Å². The van der Waals surface area contributed by atoms with Crippen LogP contribution in [0.2, 0.25) is 0 Å². The summed E-state index contributed by atoms with van der Waals surface area (Å²) in [7, 11) is -3.41. The number of halogens is 1. The maximum absolute atomic E-state index is 11.9. The topological polar surface area (TPSA) is 59.1 Å². The third-order valence-corrected chi connectivity index (χ3v) is 5.11. The molecule has 0 saturated heterocycles. The predicted molar refractivity (Wildman–Crippen MR) is 80.2 cm³/mol. The summed E-state index contributed by atoms with van der Waals surface area (Å²) >= 11 is 3.64. The molecule has 7 heteroatoms. The SMILES string of the molecule is O=S(=O)(NCCc1cscn1)c1ccc(I)cc1. The van der Waals surface area contributed by atoms with Crippen LogP contribution in [0.3, 0.4) is 0 Å². The first-order chi connectivity index (χ1) is 8.58. The van der Waals surface area contributed by atoms with Gasteiger partial charge in [0.25, 0.3) is 0 Å². The summed E-state index contributed by atoms with van der Waals surface area (Å²) in [6.07, 6.45) is 0.604. The van der Waals surface area contributed by atoms with Crippen molar-refractivity contribution in [1.82, 2.24) is 9.71 Å². The molecule has 0 aliphatic heterocycles. The lowest BCUT2D eigenvalue weighted by molar-refractivity contribution is 0.581. The van der Waals surface area contributed by atoms with Gasteiger partial charge < -0.3 is 0 Å². The summed E-state index contributed by atoms with van der Waals surface area (Å²) < 4.78 is 27.5. The van der Waals surface area contributed by atoms with Gasteiger partial charge in [-0.05, 0) is 46.9 Å². The van der Waals surface area contributed by atoms with Gasteiger partial charge in [-0.1, -0.05) is 0 Å². The molecule has 1 aromatic carbocycles. The van der Waals surface area contributed by atoms with Crippen molar-refractivity contribution in [2.75, 3.05) is 6.54 Å². The lowest BCUT2D eigenvalue weighted by atomic mass is 10.3. The van der Waals surface area contributed by atoms with Crippen LogP contribution in [0.4, 0.5) is 0 Å². The van der Waals surface area contributed by atoms with Crippen molar-refractivity contribution in [1.29, 1.82) is 0 Å². The summed E-state index contributed by atoms with van der Waals surface area (Å²) in [5.74, 6) is 0. The highest BCUT2D eigenvalue weighted by Gasteiger charge is 2.12. The zero-order chi connectivity index (χ0) is 13.0. The first kappa shape index (κ1) is 13.9. The molecule has 2 aromatic rings. The van der Waals surface area contributed by atoms with Crippen LogP contribution >= 0.6 is 33.9 Å². The van der Waals surface area contributed by atoms with E-state index >= 15 is 0 Å². The van der Waals surface area contributed by atoms with Gasteiger partial charge in [-0.2, -0.15) is 0 Å². The zero-order valence-corrected chi connectivity index (χ0v) is 13.1. The molecule has 96 valence electrons. The summed E-state index contributed by atoms with van der Waals surface area (Å²) in [6, 6.07) is 6.75. The van der Waals surface area contributed by atoms with Gasteiger partial charge in [0.2, 0.25) is 10.0 Å². The molecule has 1 N–H and O–H groups in total. The van der Waals surface area contributed by atoms with Gasteiger partial charge in [0.05, 0.1) is 16.1 Å². The van der Waals surface area contributed by atoms with Crippen LogP contribution < -0.4 is 4.72 Å². The van der Waals surface area contributed by atoms with E-state index in [4.69, 9.17) is 0 Å². The molecule has 0 bridgehead atoms. The highest BCUT2D eigenvalue weighted by molar-refractivity contribution is 14.1. The molecule has 0 spiro atoms. The third-order valence-electron chi connectivity index (χ3n) is 2.28. The van der Waals surface area contributed by atoms with E-state index in [2.05, 4.69) is 32.3 Å². The second-order valence-corrected chi connectivity index (χ2v) is 7.31. The average Bonchev–Trinajstić information content (AvgIpc) is 2.82. The molecule has 0 radical (unpaired) electrons. The minimum Gasteiger partial charge on any atom is -0.250 e. The van der Waals surface area contributed by atoms with E-state index < -0.39 is 10.0 Å². The van der Waals surface area contributed by atoms with E-state index in [0.29, 0.717) is 17.9 Å². The number of sulfonamides is 1. The zero-order valence-electron chi connectivity index (χ0n) is 9.34. The van der Waals surface area contributed by atoms with Crippen molar-refractivity contribution in [3.63, 3.8) is 0 Å². The Morgan fingerprint density at radius 1 is 1.28 bits per heavy atom. The summed E-state index contributed by atoms with van der Waals surface area (Å²) in [6.45, 7) is 0.359. The number of aromatic nitrogens is 1. The Labute approximate surface area is 124 Å². The number of nitrogens with zero attached hydrogens (tertiary/aromatic N) is 1.